The lowest BCUT2D eigenvalue weighted by atomic mass is 9.90. The number of amides is 1. The molecule has 0 N–H and O–H groups in total. The van der Waals surface area contributed by atoms with Crippen LogP contribution in [0, 0.1) is 16.7 Å². The lowest BCUT2D eigenvalue weighted by Crippen LogP contribution is -2.43. The van der Waals surface area contributed by atoms with Crippen LogP contribution in [0.25, 0.3) is 0 Å². The van der Waals surface area contributed by atoms with Crippen molar-refractivity contribution in [2.24, 2.45) is 5.41 Å². The van der Waals surface area contributed by atoms with Crippen LogP contribution in [0.15, 0.2) is 24.3 Å². The van der Waals surface area contributed by atoms with E-state index in [9.17, 15) is 4.79 Å². The van der Waals surface area contributed by atoms with E-state index < -0.39 is 5.41 Å². The quantitative estimate of drug-likeness (QED) is 0.862. The van der Waals surface area contributed by atoms with Crippen LogP contribution in [0.1, 0.15) is 31.9 Å². The highest BCUT2D eigenvalue weighted by Crippen LogP contribution is 2.26. The summed E-state index contributed by atoms with van der Waals surface area (Å²) in [7, 11) is 0. The zero-order valence-electron chi connectivity index (χ0n) is 12.3. The molecule has 1 fully saturated rings. The number of nitriles is 1. The fraction of sp³-hybridized carbons (Fsp3) is 0.500. The molecule has 1 amide bonds. The van der Waals surface area contributed by atoms with Crippen LogP contribution >= 0.6 is 11.6 Å². The summed E-state index contributed by atoms with van der Waals surface area (Å²) in [5.41, 5.74) is 0.377. The second-order valence-corrected chi connectivity index (χ2v) is 6.36. The van der Waals surface area contributed by atoms with E-state index in [-0.39, 0.29) is 18.4 Å². The molecule has 0 unspecified atom stereocenters. The number of halogens is 1. The van der Waals surface area contributed by atoms with E-state index in [1.165, 1.54) is 0 Å². The van der Waals surface area contributed by atoms with Crippen molar-refractivity contribution in [1.29, 1.82) is 5.26 Å². The van der Waals surface area contributed by atoms with E-state index in [0.29, 0.717) is 24.7 Å². The fourth-order valence-electron chi connectivity index (χ4n) is 2.28. The number of ether oxygens (including phenoxy) is 1. The molecule has 4 nitrogen and oxygen atoms in total. The average Bonchev–Trinajstić information content (AvgIpc) is 2.48. The van der Waals surface area contributed by atoms with Crippen molar-refractivity contribution >= 4 is 17.5 Å². The minimum Gasteiger partial charge on any atom is -0.370 e. The van der Waals surface area contributed by atoms with Gasteiger partial charge in [0.15, 0.2) is 0 Å². The van der Waals surface area contributed by atoms with Crippen LogP contribution in [-0.4, -0.2) is 30.5 Å². The average molecular weight is 307 g/mol. The van der Waals surface area contributed by atoms with Gasteiger partial charge in [0.05, 0.1) is 24.6 Å². The molecule has 0 bridgehead atoms. The number of rotatable bonds is 3. The molecule has 1 aromatic rings. The minimum atomic E-state index is -0.634. The molecule has 21 heavy (non-hydrogen) atoms. The standard InChI is InChI=1S/C16H19ClN2O2/c1-16(2,11-18)9-15(20)19-7-8-21-14(10-19)12-3-5-13(17)6-4-12/h3-6,14H,7-10H2,1-2H3/t14-/m1/s1. The monoisotopic (exact) mass is 306 g/mol. The Hall–Kier alpha value is -1.57. The van der Waals surface area contributed by atoms with E-state index in [1.54, 1.807) is 18.7 Å². The maximum absolute atomic E-state index is 12.3. The SMILES string of the molecule is CC(C)(C#N)CC(=O)N1CCO[C@@H](c2ccc(Cl)cc2)C1. The molecule has 0 spiro atoms. The number of nitrogens with zero attached hydrogens (tertiary/aromatic N) is 2. The highest BCUT2D eigenvalue weighted by molar-refractivity contribution is 6.30. The third-order valence-corrected chi connectivity index (χ3v) is 3.81. The predicted octanol–water partition coefficient (Wildman–Crippen LogP) is 3.18. The molecule has 1 aliphatic rings. The highest BCUT2D eigenvalue weighted by atomic mass is 35.5. The molecule has 5 heteroatoms. The van der Waals surface area contributed by atoms with Gasteiger partial charge in [0.2, 0.25) is 5.91 Å². The van der Waals surface area contributed by atoms with E-state index in [4.69, 9.17) is 21.6 Å². The Labute approximate surface area is 130 Å². The first-order valence-electron chi connectivity index (χ1n) is 6.97. The van der Waals surface area contributed by atoms with Gasteiger partial charge in [-0.05, 0) is 31.5 Å². The molecule has 2 rings (SSSR count). The van der Waals surface area contributed by atoms with Gasteiger partial charge in [-0.3, -0.25) is 4.79 Å². The lowest BCUT2D eigenvalue weighted by Gasteiger charge is -2.34. The van der Waals surface area contributed by atoms with Gasteiger partial charge in [-0.15, -0.1) is 0 Å². The number of carbonyl (C=O) groups is 1. The zero-order chi connectivity index (χ0) is 15.5. The molecule has 1 aliphatic heterocycles. The molecule has 1 saturated heterocycles. The van der Waals surface area contributed by atoms with Crippen molar-refractivity contribution in [1.82, 2.24) is 4.90 Å². The van der Waals surface area contributed by atoms with Crippen LogP contribution in [0.2, 0.25) is 5.02 Å². The van der Waals surface area contributed by atoms with Gasteiger partial charge in [0.1, 0.15) is 6.10 Å². The van der Waals surface area contributed by atoms with Crippen LogP contribution in [0.5, 0.6) is 0 Å². The minimum absolute atomic E-state index is 0.00353. The Kier molecular flexibility index (Phi) is 4.87. The summed E-state index contributed by atoms with van der Waals surface area (Å²) in [6.07, 6.45) is 0.0989. The number of hydrogen-bond acceptors (Lipinski definition) is 3. The van der Waals surface area contributed by atoms with Crippen LogP contribution in [-0.2, 0) is 9.53 Å². The van der Waals surface area contributed by atoms with Crippen LogP contribution in [0.4, 0.5) is 0 Å². The maximum atomic E-state index is 12.3. The van der Waals surface area contributed by atoms with Gasteiger partial charge in [0, 0.05) is 18.0 Å². The normalized spacial score (nSPS) is 19.1. The topological polar surface area (TPSA) is 53.3 Å². The van der Waals surface area contributed by atoms with E-state index >= 15 is 0 Å². The van der Waals surface area contributed by atoms with Crippen molar-refractivity contribution in [3.63, 3.8) is 0 Å². The summed E-state index contributed by atoms with van der Waals surface area (Å²) < 4.78 is 5.74. The van der Waals surface area contributed by atoms with Gasteiger partial charge in [0.25, 0.3) is 0 Å². The first kappa shape index (κ1) is 15.8. The molecule has 1 heterocycles. The lowest BCUT2D eigenvalue weighted by molar-refractivity contribution is -0.140. The van der Waals surface area contributed by atoms with Crippen LogP contribution < -0.4 is 0 Å². The van der Waals surface area contributed by atoms with Crippen LogP contribution in [0.3, 0.4) is 0 Å². The van der Waals surface area contributed by atoms with Gasteiger partial charge in [-0.2, -0.15) is 5.26 Å². The van der Waals surface area contributed by atoms with E-state index in [1.807, 2.05) is 24.3 Å². The molecular formula is C16H19ClN2O2. The van der Waals surface area contributed by atoms with Crippen molar-refractivity contribution in [2.75, 3.05) is 19.7 Å². The second kappa shape index (κ2) is 6.46. The summed E-state index contributed by atoms with van der Waals surface area (Å²) in [5, 5.41) is 9.72. The van der Waals surface area contributed by atoms with Crippen molar-refractivity contribution in [2.45, 2.75) is 26.4 Å². The number of morpholine rings is 1. The highest BCUT2D eigenvalue weighted by Gasteiger charge is 2.29. The van der Waals surface area contributed by atoms with Gasteiger partial charge in [-0.25, -0.2) is 0 Å². The molecule has 0 aromatic heterocycles. The summed E-state index contributed by atoms with van der Waals surface area (Å²) >= 11 is 5.88. The predicted molar refractivity (Wildman–Crippen MR) is 80.7 cm³/mol. The third kappa shape index (κ3) is 4.20. The summed E-state index contributed by atoms with van der Waals surface area (Å²) in [5.74, 6) is 0.00353. The summed E-state index contributed by atoms with van der Waals surface area (Å²) in [4.78, 5) is 14.1. The Bertz CT molecular complexity index is 548. The van der Waals surface area contributed by atoms with Gasteiger partial charge >= 0.3 is 0 Å². The van der Waals surface area contributed by atoms with Crippen molar-refractivity contribution in [3.05, 3.63) is 34.9 Å². The van der Waals surface area contributed by atoms with E-state index in [0.717, 1.165) is 5.56 Å². The second-order valence-electron chi connectivity index (χ2n) is 5.92. The van der Waals surface area contributed by atoms with Crippen molar-refractivity contribution < 1.29 is 9.53 Å². The number of carbonyl (C=O) groups excluding carboxylic acids is 1. The van der Waals surface area contributed by atoms with Crippen molar-refractivity contribution in [3.8, 4) is 6.07 Å². The molecular weight excluding hydrogens is 288 g/mol. The van der Waals surface area contributed by atoms with E-state index in [2.05, 4.69) is 6.07 Å². The molecule has 112 valence electrons. The molecule has 0 aliphatic carbocycles. The number of hydrogen-bond donors (Lipinski definition) is 0. The third-order valence-electron chi connectivity index (χ3n) is 3.56. The smallest absolute Gasteiger partial charge is 0.224 e. The Morgan fingerprint density at radius 1 is 1.48 bits per heavy atom. The van der Waals surface area contributed by atoms with Gasteiger partial charge in [-0.1, -0.05) is 23.7 Å². The molecule has 0 radical (unpaired) electrons. The van der Waals surface area contributed by atoms with Gasteiger partial charge < -0.3 is 9.64 Å². The molecule has 0 saturated carbocycles. The fourth-order valence-corrected chi connectivity index (χ4v) is 2.41. The number of benzene rings is 1. The largest absolute Gasteiger partial charge is 0.370 e. The Morgan fingerprint density at radius 2 is 2.14 bits per heavy atom. The molecule has 1 aromatic carbocycles. The first-order chi connectivity index (χ1) is 9.91. The Morgan fingerprint density at radius 3 is 2.76 bits per heavy atom. The first-order valence-corrected chi connectivity index (χ1v) is 7.35. The summed E-state index contributed by atoms with van der Waals surface area (Å²) in [6, 6.07) is 9.64. The molecule has 1 atom stereocenters. The zero-order valence-corrected chi connectivity index (χ0v) is 13.1. The Balaban J connectivity index is 2.02. The maximum Gasteiger partial charge on any atom is 0.224 e. The summed E-state index contributed by atoms with van der Waals surface area (Å²) in [6.45, 7) is 5.16.